The molecule has 1 unspecified atom stereocenters. The van der Waals surface area contributed by atoms with E-state index in [9.17, 15) is 0 Å². The summed E-state index contributed by atoms with van der Waals surface area (Å²) in [6.45, 7) is 4.02. The zero-order valence-electron chi connectivity index (χ0n) is 16.2. The first-order valence-corrected chi connectivity index (χ1v) is 8.70. The van der Waals surface area contributed by atoms with E-state index < -0.39 is 0 Å². The van der Waals surface area contributed by atoms with E-state index in [0.29, 0.717) is 13.1 Å². The van der Waals surface area contributed by atoms with Gasteiger partial charge in [0.05, 0.1) is 13.2 Å². The maximum Gasteiger partial charge on any atom is 0.191 e. The van der Waals surface area contributed by atoms with Crippen molar-refractivity contribution in [3.63, 3.8) is 0 Å². The third kappa shape index (κ3) is 5.45. The molecule has 142 valence electrons. The van der Waals surface area contributed by atoms with Gasteiger partial charge >= 0.3 is 0 Å². The molecule has 0 aliphatic heterocycles. The van der Waals surface area contributed by atoms with Crippen LogP contribution in [0.3, 0.4) is 0 Å². The summed E-state index contributed by atoms with van der Waals surface area (Å²) in [6, 6.07) is 8.33. The summed E-state index contributed by atoms with van der Waals surface area (Å²) in [6.07, 6.45) is 1.54. The summed E-state index contributed by atoms with van der Waals surface area (Å²) in [5.74, 6) is 2.43. The number of ether oxygens (including phenoxy) is 1. The standard InChI is InChI=1S/C18H29N7O/c1-6-19-18(21-12-17-22-13-23-25(17)4)20-11-16(24(2)3)14-8-7-9-15(10-14)26-5/h7-10,13,16H,6,11-12H2,1-5H3,(H2,19,20,21). The van der Waals surface area contributed by atoms with Gasteiger partial charge in [0.15, 0.2) is 5.96 Å². The molecule has 0 aliphatic carbocycles. The molecule has 0 saturated carbocycles. The van der Waals surface area contributed by atoms with Gasteiger partial charge in [0.1, 0.15) is 24.4 Å². The van der Waals surface area contributed by atoms with Crippen LogP contribution in [0.1, 0.15) is 24.4 Å². The Labute approximate surface area is 155 Å². The van der Waals surface area contributed by atoms with E-state index >= 15 is 0 Å². The topological polar surface area (TPSA) is 79.6 Å². The number of aryl methyl sites for hydroxylation is 1. The molecule has 1 aromatic carbocycles. The minimum absolute atomic E-state index is 0.184. The average molecular weight is 359 g/mol. The minimum atomic E-state index is 0.184. The van der Waals surface area contributed by atoms with Crippen LogP contribution in [0.15, 0.2) is 35.6 Å². The lowest BCUT2D eigenvalue weighted by Gasteiger charge is -2.26. The molecule has 2 aromatic rings. The first-order valence-electron chi connectivity index (χ1n) is 8.70. The minimum Gasteiger partial charge on any atom is -0.497 e. The van der Waals surface area contributed by atoms with Crippen molar-refractivity contribution in [3.05, 3.63) is 42.0 Å². The summed E-state index contributed by atoms with van der Waals surface area (Å²) in [5.41, 5.74) is 1.19. The molecule has 8 nitrogen and oxygen atoms in total. The van der Waals surface area contributed by atoms with Gasteiger partial charge in [-0.2, -0.15) is 5.10 Å². The van der Waals surface area contributed by atoms with E-state index in [2.05, 4.69) is 56.8 Å². The van der Waals surface area contributed by atoms with Crippen LogP contribution in [0.25, 0.3) is 0 Å². The van der Waals surface area contributed by atoms with Gasteiger partial charge in [0, 0.05) is 20.1 Å². The maximum atomic E-state index is 5.35. The van der Waals surface area contributed by atoms with Crippen molar-refractivity contribution < 1.29 is 4.74 Å². The Morgan fingerprint density at radius 3 is 2.77 bits per heavy atom. The second-order valence-corrected chi connectivity index (χ2v) is 6.13. The molecule has 0 spiro atoms. The normalized spacial score (nSPS) is 12.9. The fourth-order valence-corrected chi connectivity index (χ4v) is 2.60. The number of nitrogens with zero attached hydrogens (tertiary/aromatic N) is 5. The fraction of sp³-hybridized carbons (Fsp3) is 0.500. The van der Waals surface area contributed by atoms with E-state index in [-0.39, 0.29) is 6.04 Å². The average Bonchev–Trinajstić information content (AvgIpc) is 3.04. The van der Waals surface area contributed by atoms with Crippen molar-refractivity contribution >= 4 is 5.96 Å². The highest BCUT2D eigenvalue weighted by atomic mass is 16.5. The van der Waals surface area contributed by atoms with Crippen molar-refractivity contribution in [2.75, 3.05) is 34.3 Å². The number of hydrogen-bond donors (Lipinski definition) is 2. The molecule has 0 aliphatic rings. The Hall–Kier alpha value is -2.61. The van der Waals surface area contributed by atoms with Gasteiger partial charge in [-0.05, 0) is 38.7 Å². The third-order valence-electron chi connectivity index (χ3n) is 4.09. The summed E-state index contributed by atoms with van der Waals surface area (Å²) in [4.78, 5) is 11.0. The van der Waals surface area contributed by atoms with Gasteiger partial charge in [-0.15, -0.1) is 0 Å². The molecule has 0 bridgehead atoms. The van der Waals surface area contributed by atoms with Crippen molar-refractivity contribution in [3.8, 4) is 5.75 Å². The van der Waals surface area contributed by atoms with E-state index in [1.807, 2.05) is 26.1 Å². The lowest BCUT2D eigenvalue weighted by atomic mass is 10.1. The molecule has 1 heterocycles. The van der Waals surface area contributed by atoms with Crippen molar-refractivity contribution in [1.82, 2.24) is 30.3 Å². The molecule has 1 aromatic heterocycles. The second-order valence-electron chi connectivity index (χ2n) is 6.13. The van der Waals surface area contributed by atoms with E-state index in [1.165, 1.54) is 11.9 Å². The molecule has 8 heteroatoms. The summed E-state index contributed by atoms with van der Waals surface area (Å²) < 4.78 is 7.08. The van der Waals surface area contributed by atoms with Crippen LogP contribution in [0, 0.1) is 0 Å². The zero-order valence-corrected chi connectivity index (χ0v) is 16.2. The van der Waals surface area contributed by atoms with E-state index in [4.69, 9.17) is 4.74 Å². The number of methoxy groups -OCH3 is 1. The Bertz CT molecular complexity index is 711. The first-order chi connectivity index (χ1) is 12.5. The molecule has 1 atom stereocenters. The molecule has 2 N–H and O–H groups in total. The molecule has 0 fully saturated rings. The summed E-state index contributed by atoms with van der Waals surface area (Å²) in [7, 11) is 7.68. The quantitative estimate of drug-likeness (QED) is 0.544. The van der Waals surface area contributed by atoms with Crippen LogP contribution in [0.5, 0.6) is 5.75 Å². The number of benzene rings is 1. The SMILES string of the molecule is CCNC(=NCc1ncnn1C)NCC(c1cccc(OC)c1)N(C)C. The van der Waals surface area contributed by atoms with E-state index in [0.717, 1.165) is 24.1 Å². The van der Waals surface area contributed by atoms with Gasteiger partial charge in [-0.1, -0.05) is 12.1 Å². The zero-order chi connectivity index (χ0) is 18.9. The van der Waals surface area contributed by atoms with Gasteiger partial charge in [-0.25, -0.2) is 9.98 Å². The van der Waals surface area contributed by atoms with Crippen LogP contribution in [-0.4, -0.2) is 59.9 Å². The Morgan fingerprint density at radius 1 is 1.35 bits per heavy atom. The van der Waals surface area contributed by atoms with Gasteiger partial charge in [0.2, 0.25) is 0 Å². The van der Waals surface area contributed by atoms with Crippen LogP contribution in [0.2, 0.25) is 0 Å². The van der Waals surface area contributed by atoms with Crippen LogP contribution >= 0.6 is 0 Å². The van der Waals surface area contributed by atoms with Crippen molar-refractivity contribution in [2.24, 2.45) is 12.0 Å². The predicted octanol–water partition coefficient (Wildman–Crippen LogP) is 1.18. The predicted molar refractivity (Wildman–Crippen MR) is 103 cm³/mol. The molecular weight excluding hydrogens is 330 g/mol. The highest BCUT2D eigenvalue weighted by Crippen LogP contribution is 2.22. The maximum absolute atomic E-state index is 5.35. The summed E-state index contributed by atoms with van der Waals surface area (Å²) >= 11 is 0. The van der Waals surface area contributed by atoms with Crippen LogP contribution < -0.4 is 15.4 Å². The Morgan fingerprint density at radius 2 is 2.15 bits per heavy atom. The monoisotopic (exact) mass is 359 g/mol. The number of hydrogen-bond acceptors (Lipinski definition) is 5. The molecule has 0 radical (unpaired) electrons. The first kappa shape index (κ1) is 19.7. The molecule has 2 rings (SSSR count). The lowest BCUT2D eigenvalue weighted by Crippen LogP contribution is -2.41. The van der Waals surface area contributed by atoms with Gasteiger partial charge < -0.3 is 20.3 Å². The van der Waals surface area contributed by atoms with Crippen molar-refractivity contribution in [1.29, 1.82) is 0 Å². The highest BCUT2D eigenvalue weighted by molar-refractivity contribution is 5.79. The molecule has 26 heavy (non-hydrogen) atoms. The number of guanidine groups is 1. The number of nitrogens with one attached hydrogen (secondary N) is 2. The third-order valence-corrected chi connectivity index (χ3v) is 4.09. The molecule has 0 saturated heterocycles. The smallest absolute Gasteiger partial charge is 0.191 e. The Balaban J connectivity index is 2.07. The van der Waals surface area contributed by atoms with Crippen LogP contribution in [0.4, 0.5) is 0 Å². The van der Waals surface area contributed by atoms with E-state index in [1.54, 1.807) is 11.8 Å². The number of aliphatic imine (C=N–C) groups is 1. The van der Waals surface area contributed by atoms with Gasteiger partial charge in [0.25, 0.3) is 0 Å². The summed E-state index contributed by atoms with van der Waals surface area (Å²) in [5, 5.41) is 10.8. The fourth-order valence-electron chi connectivity index (χ4n) is 2.60. The van der Waals surface area contributed by atoms with Crippen LogP contribution in [-0.2, 0) is 13.6 Å². The largest absolute Gasteiger partial charge is 0.497 e. The number of rotatable bonds is 8. The Kier molecular flexibility index (Phi) is 7.40. The number of aromatic nitrogens is 3. The van der Waals surface area contributed by atoms with Crippen molar-refractivity contribution in [2.45, 2.75) is 19.5 Å². The molecular formula is C18H29N7O. The molecule has 0 amide bonds. The second kappa shape index (κ2) is 9.76. The lowest BCUT2D eigenvalue weighted by molar-refractivity contribution is 0.297. The highest BCUT2D eigenvalue weighted by Gasteiger charge is 2.15. The van der Waals surface area contributed by atoms with Gasteiger partial charge in [-0.3, -0.25) is 4.68 Å². The number of likely N-dealkylation sites (N-methyl/N-ethyl adjacent to an activating group) is 1.